The van der Waals surface area contributed by atoms with Crippen LogP contribution in [0.15, 0.2) is 0 Å². The molecule has 1 unspecified atom stereocenters. The van der Waals surface area contributed by atoms with Crippen LogP contribution in [0.3, 0.4) is 0 Å². The van der Waals surface area contributed by atoms with Gasteiger partial charge in [-0.1, -0.05) is 0 Å². The lowest BCUT2D eigenvalue weighted by atomic mass is 10.1. The molecule has 0 fully saturated rings. The van der Waals surface area contributed by atoms with Crippen LogP contribution in [-0.2, 0) is 14.4 Å². The molecular weight excluding hydrogens is 186 g/mol. The molecule has 84 valence electrons. The van der Waals surface area contributed by atoms with E-state index in [9.17, 15) is 9.90 Å². The Labute approximate surface area is 84.3 Å². The van der Waals surface area contributed by atoms with E-state index in [1.54, 1.807) is 0 Å². The molecule has 0 aliphatic carbocycles. The topological polar surface area (TPSA) is 67.8 Å². The average molecular weight is 205 g/mol. The highest BCUT2D eigenvalue weighted by molar-refractivity contribution is 5.78. The van der Waals surface area contributed by atoms with Crippen molar-refractivity contribution in [3.63, 3.8) is 0 Å². The van der Waals surface area contributed by atoms with E-state index < -0.39 is 11.6 Å². The standard InChI is InChI=1S/C9H19NO4/c1-8(2,3)14-10-6-9(4,12)7(11)13-5/h10,12H,6H2,1-5H3. The molecule has 5 heteroatoms. The molecule has 0 radical (unpaired) electrons. The van der Waals surface area contributed by atoms with Crippen molar-refractivity contribution in [2.75, 3.05) is 13.7 Å². The Morgan fingerprint density at radius 3 is 2.21 bits per heavy atom. The van der Waals surface area contributed by atoms with Crippen molar-refractivity contribution < 1.29 is 19.5 Å². The maximum Gasteiger partial charge on any atom is 0.338 e. The van der Waals surface area contributed by atoms with Crippen molar-refractivity contribution in [3.05, 3.63) is 0 Å². The molecule has 0 spiro atoms. The quantitative estimate of drug-likeness (QED) is 0.508. The van der Waals surface area contributed by atoms with Crippen LogP contribution in [0.1, 0.15) is 27.7 Å². The van der Waals surface area contributed by atoms with Crippen LogP contribution in [-0.4, -0.2) is 35.9 Å². The van der Waals surface area contributed by atoms with Crippen molar-refractivity contribution in [3.8, 4) is 0 Å². The van der Waals surface area contributed by atoms with Crippen molar-refractivity contribution in [1.82, 2.24) is 5.48 Å². The second-order valence-electron chi connectivity index (χ2n) is 4.30. The lowest BCUT2D eigenvalue weighted by molar-refractivity contribution is -0.165. The molecular formula is C9H19NO4. The number of nitrogens with one attached hydrogen (secondary N) is 1. The second-order valence-corrected chi connectivity index (χ2v) is 4.30. The van der Waals surface area contributed by atoms with Gasteiger partial charge in [0.1, 0.15) is 0 Å². The molecule has 0 aromatic carbocycles. The van der Waals surface area contributed by atoms with E-state index in [-0.39, 0.29) is 12.1 Å². The summed E-state index contributed by atoms with van der Waals surface area (Å²) in [4.78, 5) is 16.2. The lowest BCUT2D eigenvalue weighted by Gasteiger charge is -2.24. The lowest BCUT2D eigenvalue weighted by Crippen LogP contribution is -2.47. The monoisotopic (exact) mass is 205 g/mol. The van der Waals surface area contributed by atoms with Gasteiger partial charge in [0, 0.05) is 0 Å². The van der Waals surface area contributed by atoms with Crippen molar-refractivity contribution in [2.24, 2.45) is 0 Å². The Bertz CT molecular complexity index is 195. The maximum absolute atomic E-state index is 11.0. The van der Waals surface area contributed by atoms with Crippen LogP contribution in [0.5, 0.6) is 0 Å². The molecule has 2 N–H and O–H groups in total. The molecule has 0 saturated carbocycles. The number of carbonyl (C=O) groups is 1. The number of esters is 1. The van der Waals surface area contributed by atoms with E-state index in [2.05, 4.69) is 10.2 Å². The average Bonchev–Trinajstić information content (AvgIpc) is 2.00. The zero-order chi connectivity index (χ0) is 11.4. The number of hydrogen-bond donors (Lipinski definition) is 2. The minimum Gasteiger partial charge on any atom is -0.467 e. The Balaban J connectivity index is 3.94. The summed E-state index contributed by atoms with van der Waals surface area (Å²) in [5.74, 6) is -0.692. The maximum atomic E-state index is 11.0. The molecule has 14 heavy (non-hydrogen) atoms. The highest BCUT2D eigenvalue weighted by Gasteiger charge is 2.31. The van der Waals surface area contributed by atoms with Gasteiger partial charge >= 0.3 is 5.97 Å². The van der Waals surface area contributed by atoms with E-state index in [0.29, 0.717) is 0 Å². The van der Waals surface area contributed by atoms with Gasteiger partial charge in [-0.05, 0) is 27.7 Å². The van der Waals surface area contributed by atoms with Gasteiger partial charge in [-0.2, -0.15) is 5.48 Å². The summed E-state index contributed by atoms with van der Waals surface area (Å²) >= 11 is 0. The van der Waals surface area contributed by atoms with Crippen LogP contribution < -0.4 is 5.48 Å². The largest absolute Gasteiger partial charge is 0.467 e. The van der Waals surface area contributed by atoms with Gasteiger partial charge in [0.15, 0.2) is 5.60 Å². The number of rotatable bonds is 4. The zero-order valence-electron chi connectivity index (χ0n) is 9.38. The smallest absolute Gasteiger partial charge is 0.338 e. The third-order valence-corrected chi connectivity index (χ3v) is 1.42. The first-order valence-electron chi connectivity index (χ1n) is 4.41. The summed E-state index contributed by atoms with van der Waals surface area (Å²) in [5.41, 5.74) is 0.592. The number of aliphatic hydroxyl groups is 1. The minimum atomic E-state index is -1.57. The Kier molecular flexibility index (Phi) is 4.51. The van der Waals surface area contributed by atoms with Crippen LogP contribution in [0.2, 0.25) is 0 Å². The predicted octanol–water partition coefficient (Wildman–Crippen LogP) is 0.230. The summed E-state index contributed by atoms with van der Waals surface area (Å²) in [6.45, 7) is 6.90. The third kappa shape index (κ3) is 5.16. The molecule has 0 amide bonds. The van der Waals surface area contributed by atoms with E-state index in [4.69, 9.17) is 4.84 Å². The molecule has 0 aliphatic heterocycles. The third-order valence-electron chi connectivity index (χ3n) is 1.42. The van der Waals surface area contributed by atoms with Crippen LogP contribution >= 0.6 is 0 Å². The van der Waals surface area contributed by atoms with Crippen molar-refractivity contribution in [1.29, 1.82) is 0 Å². The summed E-state index contributed by atoms with van der Waals surface area (Å²) < 4.78 is 4.41. The highest BCUT2D eigenvalue weighted by atomic mass is 16.7. The van der Waals surface area contributed by atoms with Crippen molar-refractivity contribution >= 4 is 5.97 Å². The molecule has 5 nitrogen and oxygen atoms in total. The summed E-state index contributed by atoms with van der Waals surface area (Å²) in [5, 5.41) is 9.56. The molecule has 0 saturated heterocycles. The minimum absolute atomic E-state index is 0.0169. The van der Waals surface area contributed by atoms with Gasteiger partial charge in [-0.25, -0.2) is 4.79 Å². The van der Waals surface area contributed by atoms with Crippen LogP contribution in [0, 0.1) is 0 Å². The number of hydrogen-bond acceptors (Lipinski definition) is 5. The molecule has 0 bridgehead atoms. The van der Waals surface area contributed by atoms with Gasteiger partial charge in [-0.15, -0.1) is 0 Å². The van der Waals surface area contributed by atoms with E-state index in [0.717, 1.165) is 0 Å². The fraction of sp³-hybridized carbons (Fsp3) is 0.889. The normalized spacial score (nSPS) is 16.1. The Morgan fingerprint density at radius 2 is 1.86 bits per heavy atom. The summed E-state index contributed by atoms with van der Waals surface area (Å²) in [6.07, 6.45) is 0. The second kappa shape index (κ2) is 4.72. The molecule has 0 aliphatic rings. The molecule has 0 aromatic rings. The first-order chi connectivity index (χ1) is 6.19. The van der Waals surface area contributed by atoms with E-state index in [1.807, 2.05) is 20.8 Å². The predicted molar refractivity (Wildman–Crippen MR) is 51.5 cm³/mol. The zero-order valence-corrected chi connectivity index (χ0v) is 9.38. The fourth-order valence-electron chi connectivity index (χ4n) is 0.685. The Morgan fingerprint density at radius 1 is 1.36 bits per heavy atom. The SMILES string of the molecule is COC(=O)C(C)(O)CNOC(C)(C)C. The number of ether oxygens (including phenoxy) is 1. The van der Waals surface area contributed by atoms with E-state index in [1.165, 1.54) is 14.0 Å². The van der Waals surface area contributed by atoms with Crippen molar-refractivity contribution in [2.45, 2.75) is 38.9 Å². The molecule has 1 atom stereocenters. The van der Waals surface area contributed by atoms with Gasteiger partial charge < -0.3 is 9.84 Å². The Hall–Kier alpha value is -0.650. The molecule has 0 rings (SSSR count). The molecule has 0 aromatic heterocycles. The fourth-order valence-corrected chi connectivity index (χ4v) is 0.685. The van der Waals surface area contributed by atoms with Gasteiger partial charge in [0.05, 0.1) is 19.3 Å². The number of carbonyl (C=O) groups excluding carboxylic acids is 1. The number of hydroxylamine groups is 1. The van der Waals surface area contributed by atoms with E-state index >= 15 is 0 Å². The summed E-state index contributed by atoms with van der Waals surface area (Å²) in [7, 11) is 1.22. The van der Waals surface area contributed by atoms with Crippen LogP contribution in [0.25, 0.3) is 0 Å². The van der Waals surface area contributed by atoms with Gasteiger partial charge in [-0.3, -0.25) is 4.84 Å². The van der Waals surface area contributed by atoms with Crippen LogP contribution in [0.4, 0.5) is 0 Å². The summed E-state index contributed by atoms with van der Waals surface area (Å²) in [6, 6.07) is 0. The first-order valence-corrected chi connectivity index (χ1v) is 4.41. The van der Waals surface area contributed by atoms with Gasteiger partial charge in [0.25, 0.3) is 0 Å². The van der Waals surface area contributed by atoms with Gasteiger partial charge in [0.2, 0.25) is 0 Å². The highest BCUT2D eigenvalue weighted by Crippen LogP contribution is 2.07. The first kappa shape index (κ1) is 13.4. The number of methoxy groups -OCH3 is 1. The molecule has 0 heterocycles.